The molecule has 1 aromatic rings. The van der Waals surface area contributed by atoms with Crippen molar-refractivity contribution in [3.63, 3.8) is 0 Å². The molecule has 0 amide bonds. The predicted molar refractivity (Wildman–Crippen MR) is 85.9 cm³/mol. The zero-order valence-corrected chi connectivity index (χ0v) is 13.6. The number of hydrogen-bond acceptors (Lipinski definition) is 2. The molecule has 1 nitrogen and oxygen atoms in total. The molecule has 1 aromatic carbocycles. The first kappa shape index (κ1) is 15.2. The SMILES string of the molecule is CC(C)(C)C1CCC(N)C(Sc2cccc(Cl)c2)C1. The Morgan fingerprint density at radius 3 is 2.63 bits per heavy atom. The highest BCUT2D eigenvalue weighted by Gasteiger charge is 2.34. The van der Waals surface area contributed by atoms with E-state index in [4.69, 9.17) is 17.3 Å². The lowest BCUT2D eigenvalue weighted by molar-refractivity contribution is 0.174. The van der Waals surface area contributed by atoms with E-state index in [0.29, 0.717) is 16.7 Å². The monoisotopic (exact) mass is 297 g/mol. The van der Waals surface area contributed by atoms with Gasteiger partial charge in [0.05, 0.1) is 0 Å². The van der Waals surface area contributed by atoms with Crippen molar-refractivity contribution in [2.24, 2.45) is 17.1 Å². The van der Waals surface area contributed by atoms with Gasteiger partial charge in [0.2, 0.25) is 0 Å². The van der Waals surface area contributed by atoms with Crippen LogP contribution in [0.4, 0.5) is 0 Å². The van der Waals surface area contributed by atoms with Crippen LogP contribution in [0.5, 0.6) is 0 Å². The van der Waals surface area contributed by atoms with E-state index in [1.165, 1.54) is 17.7 Å². The molecule has 106 valence electrons. The Balaban J connectivity index is 2.05. The van der Waals surface area contributed by atoms with E-state index in [1.54, 1.807) is 0 Å². The van der Waals surface area contributed by atoms with Crippen LogP contribution in [0.15, 0.2) is 29.2 Å². The molecule has 0 aliphatic heterocycles. The quantitative estimate of drug-likeness (QED) is 0.833. The van der Waals surface area contributed by atoms with E-state index >= 15 is 0 Å². The highest BCUT2D eigenvalue weighted by Crippen LogP contribution is 2.43. The lowest BCUT2D eigenvalue weighted by Gasteiger charge is -2.40. The summed E-state index contributed by atoms with van der Waals surface area (Å²) in [5, 5.41) is 1.32. The molecule has 1 fully saturated rings. The van der Waals surface area contributed by atoms with Crippen molar-refractivity contribution in [2.45, 2.75) is 56.2 Å². The first-order valence-electron chi connectivity index (χ1n) is 7.04. The van der Waals surface area contributed by atoms with Crippen LogP contribution in [0.3, 0.4) is 0 Å². The molecular weight excluding hydrogens is 274 g/mol. The molecule has 3 heteroatoms. The van der Waals surface area contributed by atoms with Gasteiger partial charge in [-0.2, -0.15) is 0 Å². The molecule has 0 bridgehead atoms. The fraction of sp³-hybridized carbons (Fsp3) is 0.625. The van der Waals surface area contributed by atoms with Crippen LogP contribution in [-0.4, -0.2) is 11.3 Å². The van der Waals surface area contributed by atoms with Crippen LogP contribution in [0.25, 0.3) is 0 Å². The average molecular weight is 298 g/mol. The van der Waals surface area contributed by atoms with Crippen molar-refractivity contribution < 1.29 is 0 Å². The largest absolute Gasteiger partial charge is 0.327 e. The number of rotatable bonds is 2. The molecule has 2 rings (SSSR count). The summed E-state index contributed by atoms with van der Waals surface area (Å²) in [6.07, 6.45) is 3.61. The number of nitrogens with two attached hydrogens (primary N) is 1. The fourth-order valence-corrected chi connectivity index (χ4v) is 4.39. The summed E-state index contributed by atoms with van der Waals surface area (Å²) in [4.78, 5) is 1.24. The van der Waals surface area contributed by atoms with Crippen LogP contribution in [0, 0.1) is 11.3 Å². The summed E-state index contributed by atoms with van der Waals surface area (Å²) >= 11 is 7.95. The molecule has 0 heterocycles. The summed E-state index contributed by atoms with van der Waals surface area (Å²) in [7, 11) is 0. The van der Waals surface area contributed by atoms with Crippen LogP contribution in [-0.2, 0) is 0 Å². The van der Waals surface area contributed by atoms with Gasteiger partial charge in [-0.15, -0.1) is 11.8 Å². The zero-order valence-electron chi connectivity index (χ0n) is 12.0. The Kier molecular flexibility index (Phi) is 4.86. The molecule has 0 radical (unpaired) electrons. The van der Waals surface area contributed by atoms with Gasteiger partial charge in [0.1, 0.15) is 0 Å². The first-order chi connectivity index (χ1) is 8.86. The maximum atomic E-state index is 6.32. The standard InChI is InChI=1S/C16H24ClNS/c1-16(2,3)11-7-8-14(18)15(9-11)19-13-6-4-5-12(17)10-13/h4-6,10-11,14-15H,7-9,18H2,1-3H3. The normalized spacial score (nSPS) is 28.4. The van der Waals surface area contributed by atoms with E-state index < -0.39 is 0 Å². The molecule has 0 spiro atoms. The molecule has 1 saturated carbocycles. The smallest absolute Gasteiger partial charge is 0.0417 e. The van der Waals surface area contributed by atoms with E-state index in [1.807, 2.05) is 30.0 Å². The maximum absolute atomic E-state index is 6.32. The predicted octanol–water partition coefficient (Wildman–Crippen LogP) is 4.97. The molecule has 1 aliphatic rings. The first-order valence-corrected chi connectivity index (χ1v) is 8.30. The molecule has 2 N–H and O–H groups in total. The molecule has 3 atom stereocenters. The Labute approximate surface area is 126 Å². The van der Waals surface area contributed by atoms with Gasteiger partial charge < -0.3 is 5.73 Å². The maximum Gasteiger partial charge on any atom is 0.0417 e. The number of benzene rings is 1. The van der Waals surface area contributed by atoms with Crippen molar-refractivity contribution in [1.82, 2.24) is 0 Å². The van der Waals surface area contributed by atoms with Gasteiger partial charge in [-0.25, -0.2) is 0 Å². The van der Waals surface area contributed by atoms with Crippen molar-refractivity contribution in [1.29, 1.82) is 0 Å². The molecule has 3 unspecified atom stereocenters. The second-order valence-electron chi connectivity index (χ2n) is 6.65. The van der Waals surface area contributed by atoms with E-state index in [0.717, 1.165) is 17.4 Å². The van der Waals surface area contributed by atoms with Crippen LogP contribution < -0.4 is 5.73 Å². The van der Waals surface area contributed by atoms with Crippen LogP contribution >= 0.6 is 23.4 Å². The van der Waals surface area contributed by atoms with E-state index in [9.17, 15) is 0 Å². The Hall–Kier alpha value is -0.180. The molecule has 0 saturated heterocycles. The third-order valence-electron chi connectivity index (χ3n) is 4.15. The van der Waals surface area contributed by atoms with Crippen LogP contribution in [0.1, 0.15) is 40.0 Å². The van der Waals surface area contributed by atoms with Gasteiger partial charge in [0.15, 0.2) is 0 Å². The van der Waals surface area contributed by atoms with Gasteiger partial charge >= 0.3 is 0 Å². The minimum atomic E-state index is 0.308. The fourth-order valence-electron chi connectivity index (χ4n) is 2.79. The molecule has 0 aromatic heterocycles. The lowest BCUT2D eigenvalue weighted by atomic mass is 9.71. The van der Waals surface area contributed by atoms with E-state index in [-0.39, 0.29) is 0 Å². The van der Waals surface area contributed by atoms with Gasteiger partial charge in [-0.05, 0) is 48.8 Å². The van der Waals surface area contributed by atoms with Crippen molar-refractivity contribution in [3.05, 3.63) is 29.3 Å². The zero-order chi connectivity index (χ0) is 14.0. The Bertz CT molecular complexity index is 427. The van der Waals surface area contributed by atoms with Crippen molar-refractivity contribution >= 4 is 23.4 Å². The number of hydrogen-bond donors (Lipinski definition) is 1. The van der Waals surface area contributed by atoms with Gasteiger partial charge in [0.25, 0.3) is 0 Å². The number of halogens is 1. The Morgan fingerprint density at radius 2 is 2.00 bits per heavy atom. The van der Waals surface area contributed by atoms with Crippen molar-refractivity contribution in [2.75, 3.05) is 0 Å². The minimum absolute atomic E-state index is 0.308. The number of thioether (sulfide) groups is 1. The summed E-state index contributed by atoms with van der Waals surface area (Å²) in [6, 6.07) is 8.41. The van der Waals surface area contributed by atoms with Crippen LogP contribution in [0.2, 0.25) is 5.02 Å². The topological polar surface area (TPSA) is 26.0 Å². The summed E-state index contributed by atoms with van der Waals surface area (Å²) in [5.74, 6) is 0.768. The third-order valence-corrected chi connectivity index (χ3v) is 5.76. The summed E-state index contributed by atoms with van der Waals surface area (Å²) in [5.41, 5.74) is 6.70. The van der Waals surface area contributed by atoms with Crippen molar-refractivity contribution in [3.8, 4) is 0 Å². The lowest BCUT2D eigenvalue weighted by Crippen LogP contribution is -2.41. The van der Waals surface area contributed by atoms with E-state index in [2.05, 4.69) is 26.8 Å². The average Bonchev–Trinajstić information content (AvgIpc) is 2.30. The Morgan fingerprint density at radius 1 is 1.26 bits per heavy atom. The molecular formula is C16H24ClNS. The highest BCUT2D eigenvalue weighted by atomic mass is 35.5. The third kappa shape index (κ3) is 4.14. The molecule has 1 aliphatic carbocycles. The second kappa shape index (κ2) is 6.07. The molecule has 19 heavy (non-hydrogen) atoms. The highest BCUT2D eigenvalue weighted by molar-refractivity contribution is 8.00. The van der Waals surface area contributed by atoms with Gasteiger partial charge in [-0.3, -0.25) is 0 Å². The van der Waals surface area contributed by atoms with Gasteiger partial charge in [0, 0.05) is 21.2 Å². The second-order valence-corrected chi connectivity index (χ2v) is 8.40. The summed E-state index contributed by atoms with van der Waals surface area (Å²) in [6.45, 7) is 7.03. The summed E-state index contributed by atoms with van der Waals surface area (Å²) < 4.78 is 0. The minimum Gasteiger partial charge on any atom is -0.327 e. The van der Waals surface area contributed by atoms with Gasteiger partial charge in [-0.1, -0.05) is 38.4 Å².